The Kier molecular flexibility index (Phi) is 9.36. The van der Waals surface area contributed by atoms with Crippen LogP contribution in [0.5, 0.6) is 0 Å². The molecule has 0 radical (unpaired) electrons. The van der Waals surface area contributed by atoms with Gasteiger partial charge in [-0.3, -0.25) is 9.59 Å². The number of hydrogen-bond acceptors (Lipinski definition) is 6. The van der Waals surface area contributed by atoms with Gasteiger partial charge in [-0.15, -0.1) is 0 Å². The first-order valence-corrected chi connectivity index (χ1v) is 7.12. The molecule has 0 saturated carbocycles. The fraction of sp³-hybridized carbons (Fsp3) is 0.786. The maximum atomic E-state index is 11.8. The molecule has 0 aliphatic carbocycles. The standard InChI is InChI=1S/C14H24O7/c1-3-5-6-7-8-21-13(18)14(19,9-11(15)16)10-12(17)20-4-2/h19H,3-10H2,1-2H3,(H,15,16). The van der Waals surface area contributed by atoms with Crippen LogP contribution in [0.25, 0.3) is 0 Å². The van der Waals surface area contributed by atoms with Gasteiger partial charge in [-0.1, -0.05) is 26.2 Å². The van der Waals surface area contributed by atoms with Gasteiger partial charge in [0.1, 0.15) is 0 Å². The largest absolute Gasteiger partial charge is 0.481 e. The summed E-state index contributed by atoms with van der Waals surface area (Å²) in [4.78, 5) is 34.0. The minimum atomic E-state index is -2.39. The smallest absolute Gasteiger partial charge is 0.339 e. The lowest BCUT2D eigenvalue weighted by Crippen LogP contribution is -2.44. The van der Waals surface area contributed by atoms with E-state index in [1.807, 2.05) is 6.92 Å². The van der Waals surface area contributed by atoms with Crippen LogP contribution in [0.15, 0.2) is 0 Å². The first kappa shape index (κ1) is 19.4. The van der Waals surface area contributed by atoms with Crippen molar-refractivity contribution in [3.63, 3.8) is 0 Å². The Balaban J connectivity index is 4.53. The third-order valence-electron chi connectivity index (χ3n) is 2.80. The first-order valence-electron chi connectivity index (χ1n) is 7.12. The monoisotopic (exact) mass is 304 g/mol. The van der Waals surface area contributed by atoms with Gasteiger partial charge in [-0.05, 0) is 13.3 Å². The van der Waals surface area contributed by atoms with Crippen molar-refractivity contribution in [1.82, 2.24) is 0 Å². The second-order valence-corrected chi connectivity index (χ2v) is 4.78. The number of esters is 2. The van der Waals surface area contributed by atoms with E-state index < -0.39 is 36.4 Å². The molecule has 0 bridgehead atoms. The predicted molar refractivity (Wildman–Crippen MR) is 73.6 cm³/mol. The van der Waals surface area contributed by atoms with Crippen molar-refractivity contribution in [1.29, 1.82) is 0 Å². The number of carboxylic acid groups (broad SMARTS) is 1. The highest BCUT2D eigenvalue weighted by Crippen LogP contribution is 2.19. The van der Waals surface area contributed by atoms with Crippen molar-refractivity contribution in [2.75, 3.05) is 13.2 Å². The van der Waals surface area contributed by atoms with Gasteiger partial charge in [0.25, 0.3) is 0 Å². The van der Waals surface area contributed by atoms with Gasteiger partial charge in [-0.2, -0.15) is 0 Å². The lowest BCUT2D eigenvalue weighted by atomic mass is 9.95. The number of carbonyl (C=O) groups excluding carboxylic acids is 2. The van der Waals surface area contributed by atoms with Crippen LogP contribution in [-0.4, -0.2) is 46.9 Å². The zero-order valence-corrected chi connectivity index (χ0v) is 12.6. The number of carboxylic acids is 1. The molecule has 0 fully saturated rings. The molecule has 1 atom stereocenters. The number of rotatable bonds is 11. The molecule has 2 N–H and O–H groups in total. The van der Waals surface area contributed by atoms with Gasteiger partial charge in [-0.25, -0.2) is 4.79 Å². The Labute approximate surface area is 124 Å². The Morgan fingerprint density at radius 1 is 1.00 bits per heavy atom. The molecule has 0 aromatic heterocycles. The van der Waals surface area contributed by atoms with Crippen molar-refractivity contribution in [2.24, 2.45) is 0 Å². The molecule has 0 rings (SSSR count). The maximum Gasteiger partial charge on any atom is 0.339 e. The molecule has 0 aromatic carbocycles. The molecule has 0 heterocycles. The van der Waals surface area contributed by atoms with E-state index in [2.05, 4.69) is 4.74 Å². The van der Waals surface area contributed by atoms with Crippen LogP contribution in [0.3, 0.4) is 0 Å². The molecule has 0 aliphatic heterocycles. The summed E-state index contributed by atoms with van der Waals surface area (Å²) < 4.78 is 9.50. The SMILES string of the molecule is CCCCCCOC(=O)C(O)(CC(=O)O)CC(=O)OCC. The van der Waals surface area contributed by atoms with Crippen molar-refractivity contribution >= 4 is 17.9 Å². The zero-order chi connectivity index (χ0) is 16.3. The van der Waals surface area contributed by atoms with Crippen molar-refractivity contribution in [3.8, 4) is 0 Å². The fourth-order valence-corrected chi connectivity index (χ4v) is 1.74. The molecule has 0 saturated heterocycles. The summed E-state index contributed by atoms with van der Waals surface area (Å²) in [6.07, 6.45) is 1.89. The highest BCUT2D eigenvalue weighted by atomic mass is 16.6. The average molecular weight is 304 g/mol. The summed E-state index contributed by atoms with van der Waals surface area (Å²) in [5.74, 6) is -3.34. The van der Waals surface area contributed by atoms with Gasteiger partial charge in [0.2, 0.25) is 0 Å². The topological polar surface area (TPSA) is 110 Å². The average Bonchev–Trinajstić information content (AvgIpc) is 2.37. The van der Waals surface area contributed by atoms with Gasteiger partial charge in [0.15, 0.2) is 5.60 Å². The quantitative estimate of drug-likeness (QED) is 0.437. The number of aliphatic hydroxyl groups is 1. The van der Waals surface area contributed by atoms with Crippen LogP contribution >= 0.6 is 0 Å². The van der Waals surface area contributed by atoms with Crippen LogP contribution in [0, 0.1) is 0 Å². The number of hydrogen-bond donors (Lipinski definition) is 2. The van der Waals surface area contributed by atoms with Crippen LogP contribution in [0.1, 0.15) is 52.4 Å². The van der Waals surface area contributed by atoms with Crippen LogP contribution in [0.2, 0.25) is 0 Å². The molecule has 122 valence electrons. The summed E-state index contributed by atoms with van der Waals surface area (Å²) in [6, 6.07) is 0. The fourth-order valence-electron chi connectivity index (χ4n) is 1.74. The third-order valence-corrected chi connectivity index (χ3v) is 2.80. The summed E-state index contributed by atoms with van der Waals surface area (Å²) >= 11 is 0. The molecule has 0 aromatic rings. The van der Waals surface area contributed by atoms with Gasteiger partial charge < -0.3 is 19.7 Å². The number of aliphatic carboxylic acids is 1. The summed E-state index contributed by atoms with van der Waals surface area (Å²) in [7, 11) is 0. The normalized spacial score (nSPS) is 13.3. The lowest BCUT2D eigenvalue weighted by molar-refractivity contribution is -0.176. The van der Waals surface area contributed by atoms with E-state index in [0.29, 0.717) is 6.42 Å². The second-order valence-electron chi connectivity index (χ2n) is 4.78. The van der Waals surface area contributed by atoms with Crippen LogP contribution in [0.4, 0.5) is 0 Å². The molecule has 0 aliphatic rings. The van der Waals surface area contributed by atoms with E-state index in [1.54, 1.807) is 6.92 Å². The number of carbonyl (C=O) groups is 3. The Morgan fingerprint density at radius 2 is 1.67 bits per heavy atom. The van der Waals surface area contributed by atoms with Gasteiger partial charge in [0.05, 0.1) is 26.1 Å². The van der Waals surface area contributed by atoms with Gasteiger partial charge >= 0.3 is 17.9 Å². The van der Waals surface area contributed by atoms with Crippen molar-refractivity contribution in [3.05, 3.63) is 0 Å². The highest BCUT2D eigenvalue weighted by molar-refractivity contribution is 5.89. The molecule has 21 heavy (non-hydrogen) atoms. The van der Waals surface area contributed by atoms with Crippen LogP contribution < -0.4 is 0 Å². The number of unbranched alkanes of at least 4 members (excludes halogenated alkanes) is 3. The Hall–Kier alpha value is -1.63. The van der Waals surface area contributed by atoms with Crippen LogP contribution in [-0.2, 0) is 23.9 Å². The van der Waals surface area contributed by atoms with E-state index in [-0.39, 0.29) is 13.2 Å². The van der Waals surface area contributed by atoms with E-state index in [4.69, 9.17) is 9.84 Å². The molecular weight excluding hydrogens is 280 g/mol. The van der Waals surface area contributed by atoms with E-state index >= 15 is 0 Å². The van der Waals surface area contributed by atoms with Crippen molar-refractivity contribution < 1.29 is 34.1 Å². The minimum Gasteiger partial charge on any atom is -0.481 e. The number of ether oxygens (including phenoxy) is 2. The van der Waals surface area contributed by atoms with E-state index in [9.17, 15) is 19.5 Å². The second kappa shape index (κ2) is 10.1. The minimum absolute atomic E-state index is 0.0774. The molecule has 0 amide bonds. The summed E-state index contributed by atoms with van der Waals surface area (Å²) in [6.45, 7) is 3.77. The Bertz CT molecular complexity index is 353. The highest BCUT2D eigenvalue weighted by Gasteiger charge is 2.42. The van der Waals surface area contributed by atoms with E-state index in [1.165, 1.54) is 0 Å². The third kappa shape index (κ3) is 8.29. The molecule has 1 unspecified atom stereocenters. The molecule has 7 nitrogen and oxygen atoms in total. The molecule has 7 heteroatoms. The lowest BCUT2D eigenvalue weighted by Gasteiger charge is -2.23. The summed E-state index contributed by atoms with van der Waals surface area (Å²) in [5.41, 5.74) is -2.39. The van der Waals surface area contributed by atoms with E-state index in [0.717, 1.165) is 19.3 Å². The molecular formula is C14H24O7. The summed E-state index contributed by atoms with van der Waals surface area (Å²) in [5, 5.41) is 18.9. The Morgan fingerprint density at radius 3 is 2.19 bits per heavy atom. The van der Waals surface area contributed by atoms with Crippen molar-refractivity contribution in [2.45, 2.75) is 58.0 Å². The predicted octanol–water partition coefficient (Wildman–Crippen LogP) is 1.27. The first-order chi connectivity index (χ1) is 9.85. The van der Waals surface area contributed by atoms with Gasteiger partial charge in [0, 0.05) is 0 Å². The zero-order valence-electron chi connectivity index (χ0n) is 12.6. The maximum absolute atomic E-state index is 11.8. The molecule has 0 spiro atoms.